The van der Waals surface area contributed by atoms with Crippen molar-refractivity contribution in [1.82, 2.24) is 15.6 Å². The van der Waals surface area contributed by atoms with Crippen molar-refractivity contribution >= 4 is 28.4 Å². The maximum atomic E-state index is 15.0. The van der Waals surface area contributed by atoms with Crippen LogP contribution in [-0.2, 0) is 16.0 Å². The summed E-state index contributed by atoms with van der Waals surface area (Å²) in [7, 11) is 1.55. The number of ether oxygens (including phenoxy) is 3. The second-order valence-electron chi connectivity index (χ2n) is 10.00. The van der Waals surface area contributed by atoms with Crippen LogP contribution in [0, 0.1) is 11.7 Å². The number of amides is 2. The molecule has 1 aliphatic rings. The van der Waals surface area contributed by atoms with Crippen molar-refractivity contribution in [1.29, 1.82) is 0 Å². The van der Waals surface area contributed by atoms with E-state index >= 15 is 4.39 Å². The van der Waals surface area contributed by atoms with Gasteiger partial charge in [0.2, 0.25) is 0 Å². The summed E-state index contributed by atoms with van der Waals surface area (Å²) in [5.41, 5.74) is 1.69. The highest BCUT2D eigenvalue weighted by atomic mass is 19.1. The first-order valence-corrected chi connectivity index (χ1v) is 13.9. The van der Waals surface area contributed by atoms with Gasteiger partial charge in [-0.15, -0.1) is 0 Å². The number of piperidine rings is 1. The molecule has 0 aliphatic carbocycles. The number of benzene rings is 3. The number of pyridine rings is 1. The van der Waals surface area contributed by atoms with Crippen molar-refractivity contribution in [2.24, 2.45) is 5.92 Å². The molecule has 0 bridgehead atoms. The fraction of sp³-hybridized carbons (Fsp3) is 0.281. The number of aromatic nitrogens is 1. The number of methoxy groups -OCH3 is 1. The molecule has 10 heteroatoms. The molecule has 3 aromatic carbocycles. The van der Waals surface area contributed by atoms with E-state index in [1.54, 1.807) is 31.5 Å². The van der Waals surface area contributed by atoms with Crippen LogP contribution >= 0.6 is 0 Å². The van der Waals surface area contributed by atoms with Gasteiger partial charge in [0.25, 0.3) is 0 Å². The summed E-state index contributed by atoms with van der Waals surface area (Å²) >= 11 is 0. The van der Waals surface area contributed by atoms with Gasteiger partial charge < -0.3 is 30.2 Å². The number of rotatable bonds is 10. The molecule has 1 fully saturated rings. The van der Waals surface area contributed by atoms with Gasteiger partial charge >= 0.3 is 11.8 Å². The predicted octanol–water partition coefficient (Wildman–Crippen LogP) is 4.85. The minimum Gasteiger partial charge on any atom is -0.491 e. The molecule has 9 nitrogen and oxygen atoms in total. The van der Waals surface area contributed by atoms with Gasteiger partial charge in [0.15, 0.2) is 23.1 Å². The third-order valence-electron chi connectivity index (χ3n) is 7.09. The molecule has 2 heterocycles. The summed E-state index contributed by atoms with van der Waals surface area (Å²) in [5, 5.41) is 8.96. The van der Waals surface area contributed by atoms with Crippen LogP contribution in [0.15, 0.2) is 72.9 Å². The number of fused-ring (bicyclic) bond motifs is 1. The van der Waals surface area contributed by atoms with Crippen LogP contribution in [0.3, 0.4) is 0 Å². The number of carbonyl (C=O) groups excluding carboxylic acids is 2. The fourth-order valence-electron chi connectivity index (χ4n) is 4.82. The van der Waals surface area contributed by atoms with Gasteiger partial charge in [0.1, 0.15) is 11.3 Å². The molecule has 3 N–H and O–H groups in total. The first-order chi connectivity index (χ1) is 20.5. The second kappa shape index (κ2) is 13.8. The number of carbonyl (C=O) groups is 2. The first-order valence-electron chi connectivity index (χ1n) is 13.9. The Bertz CT molecular complexity index is 1540. The van der Waals surface area contributed by atoms with E-state index in [-0.39, 0.29) is 11.4 Å². The lowest BCUT2D eigenvalue weighted by Crippen LogP contribution is -2.36. The zero-order valence-electron chi connectivity index (χ0n) is 23.3. The van der Waals surface area contributed by atoms with Gasteiger partial charge in [0, 0.05) is 29.9 Å². The number of halogens is 1. The Kier molecular flexibility index (Phi) is 9.45. The lowest BCUT2D eigenvalue weighted by atomic mass is 9.99. The molecular weight excluding hydrogens is 539 g/mol. The highest BCUT2D eigenvalue weighted by molar-refractivity contribution is 6.39. The third kappa shape index (κ3) is 7.13. The molecule has 0 saturated carbocycles. The molecule has 42 heavy (non-hydrogen) atoms. The number of hydrogen-bond donors (Lipinski definition) is 3. The number of nitrogens with one attached hydrogen (secondary N) is 3. The van der Waals surface area contributed by atoms with Gasteiger partial charge in [-0.2, -0.15) is 0 Å². The summed E-state index contributed by atoms with van der Waals surface area (Å²) in [6, 6.07) is 18.8. The second-order valence-corrected chi connectivity index (χ2v) is 10.00. The fourth-order valence-corrected chi connectivity index (χ4v) is 4.82. The lowest BCUT2D eigenvalue weighted by molar-refractivity contribution is -0.136. The lowest BCUT2D eigenvalue weighted by Gasteiger charge is -2.23. The van der Waals surface area contributed by atoms with Gasteiger partial charge in [-0.25, -0.2) is 4.39 Å². The zero-order chi connectivity index (χ0) is 29.3. The Morgan fingerprint density at radius 1 is 0.976 bits per heavy atom. The van der Waals surface area contributed by atoms with Crippen molar-refractivity contribution in [3.05, 3.63) is 84.3 Å². The van der Waals surface area contributed by atoms with Crippen LogP contribution in [-0.4, -0.2) is 50.1 Å². The Morgan fingerprint density at radius 3 is 2.52 bits per heavy atom. The van der Waals surface area contributed by atoms with Gasteiger partial charge in [-0.1, -0.05) is 30.3 Å². The summed E-state index contributed by atoms with van der Waals surface area (Å²) in [4.78, 5) is 28.9. The van der Waals surface area contributed by atoms with Crippen LogP contribution in [0.25, 0.3) is 10.9 Å². The molecule has 0 unspecified atom stereocenters. The minimum atomic E-state index is -0.887. The minimum absolute atomic E-state index is 0.0574. The van der Waals surface area contributed by atoms with E-state index in [0.29, 0.717) is 53.6 Å². The summed E-state index contributed by atoms with van der Waals surface area (Å²) in [6.07, 6.45) is 4.26. The molecule has 0 spiro atoms. The van der Waals surface area contributed by atoms with E-state index < -0.39 is 17.6 Å². The molecule has 5 rings (SSSR count). The van der Waals surface area contributed by atoms with Crippen molar-refractivity contribution in [3.63, 3.8) is 0 Å². The number of nitrogens with zero attached hydrogens (tertiary/aromatic N) is 1. The SMILES string of the molecule is COc1c(OCC2CCNCC2)ccc2c(Oc3ccc(NC(=O)C(=O)NCCc4ccccc4)cc3F)ccnc12. The molecule has 1 aromatic heterocycles. The van der Waals surface area contributed by atoms with Crippen LogP contribution in [0.2, 0.25) is 0 Å². The van der Waals surface area contributed by atoms with E-state index in [1.807, 2.05) is 30.3 Å². The van der Waals surface area contributed by atoms with Crippen LogP contribution in [0.4, 0.5) is 10.1 Å². The molecule has 0 atom stereocenters. The van der Waals surface area contributed by atoms with Gasteiger partial charge in [0.05, 0.1) is 13.7 Å². The molecule has 4 aromatic rings. The Labute approximate surface area is 243 Å². The van der Waals surface area contributed by atoms with Gasteiger partial charge in [-0.3, -0.25) is 14.6 Å². The molecule has 1 saturated heterocycles. The maximum absolute atomic E-state index is 15.0. The largest absolute Gasteiger partial charge is 0.491 e. The van der Waals surface area contributed by atoms with Crippen molar-refractivity contribution in [2.75, 3.05) is 38.7 Å². The highest BCUT2D eigenvalue weighted by Gasteiger charge is 2.19. The topological polar surface area (TPSA) is 111 Å². The monoisotopic (exact) mass is 572 g/mol. The van der Waals surface area contributed by atoms with E-state index in [2.05, 4.69) is 20.9 Å². The molecule has 0 radical (unpaired) electrons. The average molecular weight is 573 g/mol. The maximum Gasteiger partial charge on any atom is 0.313 e. The summed E-state index contributed by atoms with van der Waals surface area (Å²) in [5.74, 6) is -0.551. The van der Waals surface area contributed by atoms with E-state index in [9.17, 15) is 9.59 Å². The van der Waals surface area contributed by atoms with E-state index in [4.69, 9.17) is 14.2 Å². The highest BCUT2D eigenvalue weighted by Crippen LogP contribution is 2.40. The van der Waals surface area contributed by atoms with Crippen molar-refractivity contribution in [2.45, 2.75) is 19.3 Å². The van der Waals surface area contributed by atoms with E-state index in [0.717, 1.165) is 37.6 Å². The van der Waals surface area contributed by atoms with Crippen LogP contribution in [0.5, 0.6) is 23.0 Å². The average Bonchev–Trinajstić information content (AvgIpc) is 3.02. The standard InChI is InChI=1S/C32H33FN4O5/c1-40-30-28(41-20-22-11-15-34-16-12-22)10-8-24-26(14-18-35-29(24)30)42-27-9-7-23(19-25(27)33)37-32(39)31(38)36-17-13-21-5-3-2-4-6-21/h2-10,14,18-19,22,34H,11-13,15-17,20H2,1H3,(H,36,38)(H,37,39). The van der Waals surface area contributed by atoms with E-state index in [1.165, 1.54) is 12.1 Å². The smallest absolute Gasteiger partial charge is 0.313 e. The first kappa shape index (κ1) is 28.8. The van der Waals surface area contributed by atoms with Crippen molar-refractivity contribution in [3.8, 4) is 23.0 Å². The number of hydrogen-bond acceptors (Lipinski definition) is 7. The molecular formula is C32H33FN4O5. The van der Waals surface area contributed by atoms with Gasteiger partial charge in [-0.05, 0) is 74.2 Å². The Balaban J connectivity index is 1.22. The number of anilines is 1. The normalized spacial score (nSPS) is 13.4. The molecule has 2 amide bonds. The summed E-state index contributed by atoms with van der Waals surface area (Å²) in [6.45, 7) is 2.86. The van der Waals surface area contributed by atoms with Crippen molar-refractivity contribution < 1.29 is 28.2 Å². The summed E-state index contributed by atoms with van der Waals surface area (Å²) < 4.78 is 32.7. The zero-order valence-corrected chi connectivity index (χ0v) is 23.3. The van der Waals surface area contributed by atoms with Crippen LogP contribution < -0.4 is 30.2 Å². The quantitative estimate of drug-likeness (QED) is 0.233. The Hall–Kier alpha value is -4.70. The third-order valence-corrected chi connectivity index (χ3v) is 7.09. The Morgan fingerprint density at radius 2 is 1.76 bits per heavy atom. The molecule has 218 valence electrons. The van der Waals surface area contributed by atoms with Crippen LogP contribution in [0.1, 0.15) is 18.4 Å². The molecule has 1 aliphatic heterocycles. The predicted molar refractivity (Wildman–Crippen MR) is 158 cm³/mol.